The molecule has 0 unspecified atom stereocenters. The minimum absolute atomic E-state index is 1.07. The highest BCUT2D eigenvalue weighted by molar-refractivity contribution is 5.83. The number of benzene rings is 9. The molecule has 0 N–H and O–H groups in total. The Morgan fingerprint density at radius 2 is 0.676 bits per heavy atom. The van der Waals surface area contributed by atoms with Crippen molar-refractivity contribution >= 4 is 56.9 Å². The summed E-state index contributed by atoms with van der Waals surface area (Å²) in [6.07, 6.45) is 13.2. The molecule has 0 aliphatic carbocycles. The van der Waals surface area contributed by atoms with Crippen molar-refractivity contribution in [2.75, 3.05) is 26.6 Å². The molecule has 0 radical (unpaired) electrons. The molecule has 0 saturated heterocycles. The fourth-order valence-electron chi connectivity index (χ4n) is 8.59. The summed E-state index contributed by atoms with van der Waals surface area (Å²) in [6.45, 7) is 10.2. The van der Waals surface area contributed by atoms with Crippen LogP contribution in [0.2, 0.25) is 0 Å². The van der Waals surface area contributed by atoms with Crippen molar-refractivity contribution in [2.45, 2.75) is 27.2 Å². The van der Waals surface area contributed by atoms with Crippen molar-refractivity contribution in [1.29, 1.82) is 0 Å². The van der Waals surface area contributed by atoms with Crippen LogP contribution in [-0.4, -0.2) is 7.05 Å². The second kappa shape index (κ2) is 24.4. The topological polar surface area (TPSA) is 13.0 Å². The molecule has 0 amide bonds. The van der Waals surface area contributed by atoms with E-state index in [9.17, 15) is 0 Å². The van der Waals surface area contributed by atoms with Crippen molar-refractivity contribution in [1.82, 2.24) is 0 Å². The van der Waals surface area contributed by atoms with Gasteiger partial charge in [0.25, 0.3) is 0 Å². The van der Waals surface area contributed by atoms with Crippen LogP contribution in [0.3, 0.4) is 0 Å². The third kappa shape index (κ3) is 12.2. The lowest BCUT2D eigenvalue weighted by molar-refractivity contribution is 1.15. The van der Waals surface area contributed by atoms with Gasteiger partial charge in [0.1, 0.15) is 0 Å². The van der Waals surface area contributed by atoms with Gasteiger partial charge in [-0.1, -0.05) is 165 Å². The Hall–Kier alpha value is -8.86. The summed E-state index contributed by atoms with van der Waals surface area (Å²) in [5.41, 5.74) is 16.7. The van der Waals surface area contributed by atoms with E-state index < -0.39 is 0 Å². The molecule has 9 rings (SSSR count). The number of rotatable bonds is 16. The zero-order valence-electron chi connectivity index (χ0n) is 41.3. The lowest BCUT2D eigenvalue weighted by Crippen LogP contribution is -2.15. The molecule has 9 aromatic carbocycles. The average molecular weight is 923 g/mol. The highest BCUT2D eigenvalue weighted by Gasteiger charge is 2.17. The molecule has 4 heteroatoms. The highest BCUT2D eigenvalue weighted by atomic mass is 15.2. The average Bonchev–Trinajstić information content (AvgIpc) is 3.44. The molecule has 0 bridgehead atoms. The van der Waals surface area contributed by atoms with Gasteiger partial charge in [0.2, 0.25) is 0 Å². The van der Waals surface area contributed by atoms with E-state index in [-0.39, 0.29) is 0 Å². The van der Waals surface area contributed by atoms with Gasteiger partial charge < -0.3 is 19.6 Å². The van der Waals surface area contributed by atoms with Crippen LogP contribution in [0.25, 0.3) is 22.3 Å². The van der Waals surface area contributed by atoms with E-state index in [1.165, 1.54) is 11.1 Å². The van der Waals surface area contributed by atoms with Crippen LogP contribution in [0.4, 0.5) is 56.9 Å². The van der Waals surface area contributed by atoms with Gasteiger partial charge in [-0.25, -0.2) is 0 Å². The quantitative estimate of drug-likeness (QED) is 0.0895. The number of para-hydroxylation sites is 3. The first-order chi connectivity index (χ1) is 34.9. The molecule has 0 aromatic heterocycles. The Kier molecular flexibility index (Phi) is 16.7. The van der Waals surface area contributed by atoms with Crippen molar-refractivity contribution < 1.29 is 0 Å². The molecule has 0 aliphatic rings. The van der Waals surface area contributed by atoms with Crippen LogP contribution in [-0.2, 0) is 0 Å². The van der Waals surface area contributed by atoms with E-state index in [0.717, 1.165) is 80.1 Å². The lowest BCUT2D eigenvalue weighted by Gasteiger charge is -2.28. The minimum Gasteiger partial charge on any atom is -0.345 e. The third-order valence-corrected chi connectivity index (χ3v) is 12.2. The summed E-state index contributed by atoms with van der Waals surface area (Å²) in [5, 5.41) is 0. The maximum Gasteiger partial charge on any atom is 0.0463 e. The fourth-order valence-corrected chi connectivity index (χ4v) is 8.59. The van der Waals surface area contributed by atoms with Gasteiger partial charge in [-0.2, -0.15) is 0 Å². The van der Waals surface area contributed by atoms with Crippen LogP contribution < -0.4 is 19.6 Å². The summed E-state index contributed by atoms with van der Waals surface area (Å²) in [7, 11) is 2.11. The molecule has 0 atom stereocenters. The maximum absolute atomic E-state index is 3.95. The van der Waals surface area contributed by atoms with E-state index in [1.54, 1.807) is 0 Å². The van der Waals surface area contributed by atoms with E-state index >= 15 is 0 Å². The summed E-state index contributed by atoms with van der Waals surface area (Å²) in [5.74, 6) is 0. The third-order valence-electron chi connectivity index (χ3n) is 12.2. The maximum atomic E-state index is 3.95. The first-order valence-corrected chi connectivity index (χ1v) is 24.4. The standard InChI is InChI=1S/C60H50N4.C7H12/c1-4-17-46(2)62(53-22-13-7-14-23-53)55-42-44-60(45-43-55)63(54-24-15-8-16-25-54)56-34-28-49(29-35-56)50-30-36-58(37-31-50)64(57-32-26-48(27-33-57)47-18-9-5-10-19-47)59-40-38-52(39-41-59)61(3)51-20-11-6-12-21-51;1-3-5-7-6-4-2/h4-45H,1H2,2-3H3;3,5-7H,4H2,1-2H3/b46-17+;5-3-,7-6-. The van der Waals surface area contributed by atoms with E-state index in [1.807, 2.05) is 43.4 Å². The molecule has 0 spiro atoms. The molecular formula is C67H62N4. The van der Waals surface area contributed by atoms with Crippen LogP contribution >= 0.6 is 0 Å². The van der Waals surface area contributed by atoms with Gasteiger partial charge in [-0.05, 0) is 170 Å². The SMILES string of the molecule is C/C=C\C=C/CC.C=C/C=C(\C)N(c1ccccc1)c1ccc(N(c2ccccc2)c2ccc(-c3ccc(N(c4ccc(-c5ccccc5)cc4)c4ccc(N(C)c5ccccc5)cc4)cc3)cc2)cc1. The van der Waals surface area contributed by atoms with Crippen molar-refractivity contribution in [2.24, 2.45) is 0 Å². The molecule has 0 aliphatic heterocycles. The summed E-state index contributed by atoms with van der Waals surface area (Å²) >= 11 is 0. The molecule has 0 saturated carbocycles. The number of anilines is 10. The van der Waals surface area contributed by atoms with Crippen LogP contribution in [0.1, 0.15) is 27.2 Å². The second-order valence-electron chi connectivity index (χ2n) is 17.0. The van der Waals surface area contributed by atoms with Gasteiger partial charge in [0, 0.05) is 69.6 Å². The minimum atomic E-state index is 1.07. The largest absolute Gasteiger partial charge is 0.345 e. The molecule has 0 heterocycles. The molecule has 4 nitrogen and oxygen atoms in total. The van der Waals surface area contributed by atoms with Gasteiger partial charge in [0.05, 0.1) is 0 Å². The van der Waals surface area contributed by atoms with E-state index in [2.05, 4.69) is 290 Å². The molecule has 71 heavy (non-hydrogen) atoms. The summed E-state index contributed by atoms with van der Waals surface area (Å²) in [6, 6.07) is 86.2. The number of hydrogen-bond acceptors (Lipinski definition) is 4. The van der Waals surface area contributed by atoms with Crippen molar-refractivity contribution in [3.8, 4) is 22.3 Å². The van der Waals surface area contributed by atoms with Gasteiger partial charge >= 0.3 is 0 Å². The van der Waals surface area contributed by atoms with Gasteiger partial charge in [-0.15, -0.1) is 0 Å². The normalized spacial score (nSPS) is 11.2. The molecule has 350 valence electrons. The molecule has 0 fully saturated rings. The first-order valence-electron chi connectivity index (χ1n) is 24.4. The van der Waals surface area contributed by atoms with Crippen molar-refractivity contribution in [3.05, 3.63) is 291 Å². The monoisotopic (exact) mass is 922 g/mol. The smallest absolute Gasteiger partial charge is 0.0463 e. The fraction of sp³-hybridized carbons (Fsp3) is 0.0746. The summed E-state index contributed by atoms with van der Waals surface area (Å²) < 4.78 is 0. The van der Waals surface area contributed by atoms with E-state index in [4.69, 9.17) is 0 Å². The first kappa shape index (κ1) is 48.6. The summed E-state index contributed by atoms with van der Waals surface area (Å²) in [4.78, 5) is 9.09. The Balaban J connectivity index is 0.000000900. The number of allylic oxidation sites excluding steroid dienone is 7. The zero-order chi connectivity index (χ0) is 49.2. The Morgan fingerprint density at radius 1 is 0.380 bits per heavy atom. The van der Waals surface area contributed by atoms with Crippen LogP contribution in [0.5, 0.6) is 0 Å². The molecular weight excluding hydrogens is 861 g/mol. The Labute approximate surface area is 422 Å². The van der Waals surface area contributed by atoms with Crippen LogP contribution in [0.15, 0.2) is 291 Å². The second-order valence-corrected chi connectivity index (χ2v) is 17.0. The van der Waals surface area contributed by atoms with Gasteiger partial charge in [0.15, 0.2) is 0 Å². The zero-order valence-corrected chi connectivity index (χ0v) is 41.3. The Bertz CT molecular complexity index is 3110. The predicted octanol–water partition coefficient (Wildman–Crippen LogP) is 19.5. The lowest BCUT2D eigenvalue weighted by atomic mass is 10.0. The van der Waals surface area contributed by atoms with Crippen LogP contribution in [0, 0.1) is 0 Å². The van der Waals surface area contributed by atoms with Crippen molar-refractivity contribution in [3.63, 3.8) is 0 Å². The number of nitrogens with zero attached hydrogens (tertiary/aromatic N) is 4. The Morgan fingerprint density at radius 3 is 1.07 bits per heavy atom. The predicted molar refractivity (Wildman–Crippen MR) is 308 cm³/mol. The van der Waals surface area contributed by atoms with E-state index in [0.29, 0.717) is 0 Å². The highest BCUT2D eigenvalue weighted by Crippen LogP contribution is 2.40. The number of hydrogen-bond donors (Lipinski definition) is 0. The molecule has 9 aromatic rings. The van der Waals surface area contributed by atoms with Gasteiger partial charge in [-0.3, -0.25) is 0 Å².